The van der Waals surface area contributed by atoms with Gasteiger partial charge in [0.05, 0.1) is 10.5 Å². The second-order valence-corrected chi connectivity index (χ2v) is 4.95. The van der Waals surface area contributed by atoms with Crippen LogP contribution in [0.25, 0.3) is 0 Å². The molecule has 2 rings (SSSR count). The number of nitrogen functional groups attached to an aromatic ring is 1. The number of nitrogens with zero attached hydrogens (tertiary/aromatic N) is 1. The van der Waals surface area contributed by atoms with Gasteiger partial charge >= 0.3 is 5.97 Å². The largest absolute Gasteiger partial charge is 0.451 e. The fourth-order valence-corrected chi connectivity index (χ4v) is 1.96. The van der Waals surface area contributed by atoms with Crippen molar-refractivity contribution < 1.29 is 23.6 Å². The Hall–Kier alpha value is -3.29. The number of rotatable bonds is 5. The molecule has 0 aromatic heterocycles. The van der Waals surface area contributed by atoms with Gasteiger partial charge in [-0.1, -0.05) is 0 Å². The van der Waals surface area contributed by atoms with Gasteiger partial charge in [-0.3, -0.25) is 14.9 Å². The van der Waals surface area contributed by atoms with Gasteiger partial charge in [0.1, 0.15) is 5.82 Å². The molecular weight excluding hydrogens is 319 g/mol. The van der Waals surface area contributed by atoms with E-state index in [0.717, 1.165) is 24.3 Å². The number of anilines is 1. The fraction of sp³-hybridized carbons (Fsp3) is 0.125. The first-order valence-electron chi connectivity index (χ1n) is 6.84. The van der Waals surface area contributed by atoms with Crippen LogP contribution in [0, 0.1) is 15.9 Å². The van der Waals surface area contributed by atoms with Crippen LogP contribution in [0.3, 0.4) is 0 Å². The first-order valence-corrected chi connectivity index (χ1v) is 6.84. The molecule has 0 amide bonds. The highest BCUT2D eigenvalue weighted by atomic mass is 19.1. The quantitative estimate of drug-likeness (QED) is 0.296. The summed E-state index contributed by atoms with van der Waals surface area (Å²) in [6.45, 7) is 1.34. The van der Waals surface area contributed by atoms with Gasteiger partial charge in [-0.25, -0.2) is 9.18 Å². The van der Waals surface area contributed by atoms with Crippen molar-refractivity contribution in [2.75, 3.05) is 5.73 Å². The van der Waals surface area contributed by atoms with Crippen LogP contribution >= 0.6 is 0 Å². The van der Waals surface area contributed by atoms with Crippen LogP contribution in [-0.2, 0) is 4.74 Å². The summed E-state index contributed by atoms with van der Waals surface area (Å²) in [4.78, 5) is 34.3. The maximum atomic E-state index is 12.9. The Morgan fingerprint density at radius 3 is 2.42 bits per heavy atom. The highest BCUT2D eigenvalue weighted by Gasteiger charge is 2.23. The number of ketones is 1. The van der Waals surface area contributed by atoms with Gasteiger partial charge in [0.15, 0.2) is 6.10 Å². The number of carbonyl (C=O) groups is 2. The zero-order chi connectivity index (χ0) is 17.9. The molecule has 1 atom stereocenters. The van der Waals surface area contributed by atoms with E-state index in [1.165, 1.54) is 25.1 Å². The van der Waals surface area contributed by atoms with Gasteiger partial charge in [-0.05, 0) is 37.3 Å². The van der Waals surface area contributed by atoms with Crippen LogP contribution in [0.5, 0.6) is 0 Å². The van der Waals surface area contributed by atoms with Gasteiger partial charge < -0.3 is 10.5 Å². The number of carbonyl (C=O) groups excluding carboxylic acids is 2. The molecule has 124 valence electrons. The van der Waals surface area contributed by atoms with Crippen LogP contribution in [0.15, 0.2) is 42.5 Å². The Morgan fingerprint density at radius 1 is 1.21 bits per heavy atom. The average molecular weight is 332 g/mol. The highest BCUT2D eigenvalue weighted by molar-refractivity contribution is 6.02. The van der Waals surface area contributed by atoms with Crippen molar-refractivity contribution in [3.63, 3.8) is 0 Å². The van der Waals surface area contributed by atoms with E-state index in [0.29, 0.717) is 0 Å². The number of Topliss-reactive ketones (excluding diaryl/α,β-unsaturated/α-hetero) is 1. The van der Waals surface area contributed by atoms with E-state index in [1.807, 2.05) is 0 Å². The topological polar surface area (TPSA) is 113 Å². The summed E-state index contributed by atoms with van der Waals surface area (Å²) in [5, 5.41) is 10.8. The molecule has 2 N–H and O–H groups in total. The van der Waals surface area contributed by atoms with Crippen molar-refractivity contribution in [1.82, 2.24) is 0 Å². The molecule has 0 saturated heterocycles. The van der Waals surface area contributed by atoms with E-state index in [-0.39, 0.29) is 22.5 Å². The SMILES string of the molecule is C[C@H](OC(=O)c1cc([N+](=O)[O-])ccc1N)C(=O)c1ccc(F)cc1. The standard InChI is InChI=1S/C16H13FN2O5/c1-9(15(20)10-2-4-11(17)5-3-10)24-16(21)13-8-12(19(22)23)6-7-14(13)18/h2-9H,18H2,1H3/t9-/m0/s1. The Labute approximate surface area is 136 Å². The lowest BCUT2D eigenvalue weighted by Crippen LogP contribution is -2.25. The molecule has 0 fully saturated rings. The molecule has 0 heterocycles. The number of nitro groups is 1. The summed E-state index contributed by atoms with van der Waals surface area (Å²) in [6.07, 6.45) is -1.17. The van der Waals surface area contributed by atoms with Crippen molar-refractivity contribution >= 4 is 23.1 Å². The van der Waals surface area contributed by atoms with Crippen LogP contribution in [0.1, 0.15) is 27.6 Å². The summed E-state index contributed by atoms with van der Waals surface area (Å²) in [7, 11) is 0. The van der Waals surface area contributed by atoms with Crippen molar-refractivity contribution in [3.05, 3.63) is 69.5 Å². The summed E-state index contributed by atoms with van der Waals surface area (Å²) in [5.74, 6) is -1.99. The summed E-state index contributed by atoms with van der Waals surface area (Å²) >= 11 is 0. The molecular formula is C16H13FN2O5. The maximum Gasteiger partial charge on any atom is 0.341 e. The van der Waals surface area contributed by atoms with E-state index in [1.54, 1.807) is 0 Å². The number of esters is 1. The zero-order valence-corrected chi connectivity index (χ0v) is 12.6. The van der Waals surface area contributed by atoms with E-state index < -0.39 is 28.6 Å². The number of hydrogen-bond acceptors (Lipinski definition) is 6. The zero-order valence-electron chi connectivity index (χ0n) is 12.6. The first kappa shape index (κ1) is 17.1. The number of non-ortho nitro benzene ring substituents is 1. The lowest BCUT2D eigenvalue weighted by Gasteiger charge is -2.13. The van der Waals surface area contributed by atoms with Crippen LogP contribution in [0.2, 0.25) is 0 Å². The van der Waals surface area contributed by atoms with Crippen molar-refractivity contribution in [2.24, 2.45) is 0 Å². The van der Waals surface area contributed by atoms with Gasteiger partial charge in [0.2, 0.25) is 5.78 Å². The fourth-order valence-electron chi connectivity index (χ4n) is 1.96. The van der Waals surface area contributed by atoms with Gasteiger partial charge in [-0.2, -0.15) is 0 Å². The van der Waals surface area contributed by atoms with Crippen LogP contribution in [0.4, 0.5) is 15.8 Å². The van der Waals surface area contributed by atoms with Crippen molar-refractivity contribution in [3.8, 4) is 0 Å². The lowest BCUT2D eigenvalue weighted by molar-refractivity contribution is -0.384. The molecule has 7 nitrogen and oxygen atoms in total. The van der Waals surface area contributed by atoms with E-state index in [4.69, 9.17) is 10.5 Å². The Bertz CT molecular complexity index is 805. The number of nitro benzene ring substituents is 1. The second-order valence-electron chi connectivity index (χ2n) is 4.95. The second kappa shape index (κ2) is 6.86. The molecule has 0 spiro atoms. The third kappa shape index (κ3) is 3.72. The summed E-state index contributed by atoms with van der Waals surface area (Å²) in [5.41, 5.74) is 5.25. The van der Waals surface area contributed by atoms with Gasteiger partial charge in [0.25, 0.3) is 5.69 Å². The molecule has 0 aliphatic heterocycles. The summed E-state index contributed by atoms with van der Waals surface area (Å²) < 4.78 is 17.9. The number of ether oxygens (including phenoxy) is 1. The van der Waals surface area contributed by atoms with Crippen LogP contribution in [-0.4, -0.2) is 22.8 Å². The minimum atomic E-state index is -1.17. The molecule has 0 bridgehead atoms. The van der Waals surface area contributed by atoms with Gasteiger partial charge in [-0.15, -0.1) is 0 Å². The Morgan fingerprint density at radius 2 is 1.83 bits per heavy atom. The summed E-state index contributed by atoms with van der Waals surface area (Å²) in [6, 6.07) is 8.10. The highest BCUT2D eigenvalue weighted by Crippen LogP contribution is 2.21. The van der Waals surface area contributed by atoms with Crippen LogP contribution < -0.4 is 5.73 Å². The normalized spacial score (nSPS) is 11.6. The third-order valence-electron chi connectivity index (χ3n) is 3.25. The smallest absolute Gasteiger partial charge is 0.341 e. The molecule has 0 saturated carbocycles. The first-order chi connectivity index (χ1) is 11.3. The lowest BCUT2D eigenvalue weighted by atomic mass is 10.1. The predicted octanol–water partition coefficient (Wildman–Crippen LogP) is 2.74. The average Bonchev–Trinajstić information content (AvgIpc) is 2.54. The van der Waals surface area contributed by atoms with E-state index in [2.05, 4.69) is 0 Å². The van der Waals surface area contributed by atoms with Crippen molar-refractivity contribution in [1.29, 1.82) is 0 Å². The molecule has 0 radical (unpaired) electrons. The predicted molar refractivity (Wildman–Crippen MR) is 83.1 cm³/mol. The third-order valence-corrected chi connectivity index (χ3v) is 3.25. The molecule has 24 heavy (non-hydrogen) atoms. The maximum absolute atomic E-state index is 12.9. The Balaban J connectivity index is 2.17. The van der Waals surface area contributed by atoms with Crippen molar-refractivity contribution in [2.45, 2.75) is 13.0 Å². The number of benzene rings is 2. The molecule has 2 aromatic carbocycles. The van der Waals surface area contributed by atoms with E-state index in [9.17, 15) is 24.1 Å². The minimum absolute atomic E-state index is 0.00738. The van der Waals surface area contributed by atoms with Gasteiger partial charge in [0, 0.05) is 23.4 Å². The minimum Gasteiger partial charge on any atom is -0.451 e. The number of halogens is 1. The Kier molecular flexibility index (Phi) is 4.88. The molecule has 2 aromatic rings. The van der Waals surface area contributed by atoms with E-state index >= 15 is 0 Å². The molecule has 8 heteroatoms. The number of hydrogen-bond donors (Lipinski definition) is 1. The molecule has 0 unspecified atom stereocenters. The molecule has 0 aliphatic carbocycles. The number of nitrogens with two attached hydrogens (primary N) is 1. The molecule has 0 aliphatic rings. The monoisotopic (exact) mass is 332 g/mol.